The monoisotopic (exact) mass is 505 g/mol. The van der Waals surface area contributed by atoms with Gasteiger partial charge in [0.15, 0.2) is 6.10 Å². The number of carbonyl (C=O) groups is 3. The molecule has 4 rings (SSSR count). The quantitative estimate of drug-likeness (QED) is 0.328. The highest BCUT2D eigenvalue weighted by Gasteiger charge is 2.60. The van der Waals surface area contributed by atoms with Gasteiger partial charge in [0.05, 0.1) is 17.5 Å². The van der Waals surface area contributed by atoms with E-state index in [1.807, 2.05) is 66.7 Å². The van der Waals surface area contributed by atoms with Gasteiger partial charge in [0.1, 0.15) is 12.6 Å². The van der Waals surface area contributed by atoms with Gasteiger partial charge in [0, 0.05) is 18.4 Å². The molecule has 1 unspecified atom stereocenters. The van der Waals surface area contributed by atoms with E-state index in [9.17, 15) is 14.4 Å². The number of cyclic esters (lactones) is 1. The zero-order chi connectivity index (χ0) is 25.7. The topological polar surface area (TPSA) is 118 Å². The Morgan fingerprint density at radius 1 is 1.19 bits per heavy atom. The fourth-order valence-corrected chi connectivity index (χ4v) is 4.32. The lowest BCUT2D eigenvalue weighted by Gasteiger charge is -2.34. The van der Waals surface area contributed by atoms with Crippen LogP contribution in [0.15, 0.2) is 72.8 Å². The molecule has 2 aromatic rings. The van der Waals surface area contributed by atoms with E-state index in [4.69, 9.17) is 31.8 Å². The highest BCUT2D eigenvalue weighted by molar-refractivity contribution is 7.80. The summed E-state index contributed by atoms with van der Waals surface area (Å²) in [6.07, 6.45) is -0.961. The highest BCUT2D eigenvalue weighted by atomic mass is 32.1. The van der Waals surface area contributed by atoms with Gasteiger partial charge in [0.2, 0.25) is 0 Å². The molecule has 2 fully saturated rings. The minimum absolute atomic E-state index is 0.0770. The van der Waals surface area contributed by atoms with Crippen LogP contribution in [-0.4, -0.2) is 46.3 Å². The van der Waals surface area contributed by atoms with E-state index < -0.39 is 35.7 Å². The Kier molecular flexibility index (Phi) is 7.43. The van der Waals surface area contributed by atoms with Crippen molar-refractivity contribution in [1.82, 2.24) is 10.4 Å². The van der Waals surface area contributed by atoms with E-state index in [0.717, 1.165) is 5.06 Å². The summed E-state index contributed by atoms with van der Waals surface area (Å²) in [5.74, 6) is -2.24. The number of nitrogens with one attached hydrogen (secondary N) is 1. The molecule has 2 heterocycles. The molecule has 0 spiro atoms. The standard InChI is InChI=1S/C26H23N3O6S/c1-17(15-27)14-21(36)28-20-16-33-29(24(20)31)26(13-12-22(30)35-26)25(32)34-23(18-8-4-2-5-9-18)19-10-6-3-7-11-19/h2-11,20,23H,1,12-14,16H2,(H,28,36)/t20-,26?/m0/s1. The number of rotatable bonds is 8. The second-order valence-corrected chi connectivity index (χ2v) is 8.80. The van der Waals surface area contributed by atoms with Gasteiger partial charge in [0.25, 0.3) is 5.91 Å². The van der Waals surface area contributed by atoms with Crippen LogP contribution >= 0.6 is 12.2 Å². The van der Waals surface area contributed by atoms with Crippen molar-refractivity contribution in [3.63, 3.8) is 0 Å². The van der Waals surface area contributed by atoms with Crippen LogP contribution in [0.5, 0.6) is 0 Å². The Labute approximate surface area is 213 Å². The Bertz CT molecular complexity index is 1190. The average Bonchev–Trinajstić information content (AvgIpc) is 3.46. The van der Waals surface area contributed by atoms with Crippen molar-refractivity contribution < 1.29 is 28.7 Å². The van der Waals surface area contributed by atoms with Crippen molar-refractivity contribution in [3.05, 3.63) is 83.9 Å². The lowest BCUT2D eigenvalue weighted by Crippen LogP contribution is -2.57. The van der Waals surface area contributed by atoms with Crippen molar-refractivity contribution in [2.75, 3.05) is 6.61 Å². The van der Waals surface area contributed by atoms with E-state index in [2.05, 4.69) is 11.9 Å². The zero-order valence-electron chi connectivity index (χ0n) is 19.2. The smallest absolute Gasteiger partial charge is 0.376 e. The number of esters is 2. The average molecular weight is 506 g/mol. The van der Waals surface area contributed by atoms with Gasteiger partial charge in [-0.15, -0.1) is 0 Å². The maximum atomic E-state index is 13.6. The first-order valence-electron chi connectivity index (χ1n) is 11.2. The molecular formula is C26H23N3O6S. The van der Waals surface area contributed by atoms with E-state index in [-0.39, 0.29) is 36.4 Å². The number of hydrogen-bond acceptors (Lipinski definition) is 8. The molecule has 2 saturated heterocycles. The van der Waals surface area contributed by atoms with Gasteiger partial charge in [-0.1, -0.05) is 79.5 Å². The minimum Gasteiger partial charge on any atom is -0.448 e. The summed E-state index contributed by atoms with van der Waals surface area (Å²) in [4.78, 5) is 44.8. The predicted molar refractivity (Wildman–Crippen MR) is 131 cm³/mol. The molecule has 2 aliphatic heterocycles. The number of hydroxylamine groups is 2. The zero-order valence-corrected chi connectivity index (χ0v) is 20.0. The summed E-state index contributed by atoms with van der Waals surface area (Å²) in [5.41, 5.74) is -0.446. The number of ether oxygens (including phenoxy) is 2. The van der Waals surface area contributed by atoms with Crippen LogP contribution in [0.25, 0.3) is 0 Å². The summed E-state index contributed by atoms with van der Waals surface area (Å²) < 4.78 is 11.3. The molecule has 9 nitrogen and oxygen atoms in total. The number of carbonyl (C=O) groups excluding carboxylic acids is 3. The summed E-state index contributed by atoms with van der Waals surface area (Å²) in [7, 11) is 0. The van der Waals surface area contributed by atoms with Gasteiger partial charge in [-0.3, -0.25) is 14.4 Å². The van der Waals surface area contributed by atoms with Crippen LogP contribution in [0.4, 0.5) is 0 Å². The Hall–Kier alpha value is -4.07. The first-order chi connectivity index (χ1) is 17.3. The summed E-state index contributed by atoms with van der Waals surface area (Å²) >= 11 is 5.20. The Morgan fingerprint density at radius 2 is 1.81 bits per heavy atom. The van der Waals surface area contributed by atoms with Crippen LogP contribution in [0.2, 0.25) is 0 Å². The molecular weight excluding hydrogens is 482 g/mol. The maximum Gasteiger partial charge on any atom is 0.376 e. The minimum atomic E-state index is -2.08. The summed E-state index contributed by atoms with van der Waals surface area (Å²) in [6.45, 7) is 3.41. The molecule has 2 aromatic carbocycles. The number of nitrogens with zero attached hydrogens (tertiary/aromatic N) is 2. The highest BCUT2D eigenvalue weighted by Crippen LogP contribution is 2.37. The molecule has 10 heteroatoms. The molecule has 1 N–H and O–H groups in total. The van der Waals surface area contributed by atoms with Crippen LogP contribution in [0.1, 0.15) is 36.5 Å². The molecule has 0 radical (unpaired) electrons. The number of nitriles is 1. The molecule has 36 heavy (non-hydrogen) atoms. The lowest BCUT2D eigenvalue weighted by molar-refractivity contribution is -0.260. The van der Waals surface area contributed by atoms with Crippen molar-refractivity contribution >= 4 is 35.1 Å². The maximum absolute atomic E-state index is 13.6. The lowest BCUT2D eigenvalue weighted by atomic mass is 10.0. The van der Waals surface area contributed by atoms with E-state index in [0.29, 0.717) is 11.1 Å². The second-order valence-electron chi connectivity index (χ2n) is 8.31. The predicted octanol–water partition coefficient (Wildman–Crippen LogP) is 2.88. The molecule has 0 aliphatic carbocycles. The van der Waals surface area contributed by atoms with E-state index >= 15 is 0 Å². The Balaban J connectivity index is 1.58. The van der Waals surface area contributed by atoms with Gasteiger partial charge in [-0.25, -0.2) is 4.79 Å². The first kappa shape index (κ1) is 25.0. The third kappa shape index (κ3) is 5.12. The number of amides is 1. The van der Waals surface area contributed by atoms with Crippen LogP contribution < -0.4 is 5.32 Å². The third-order valence-corrected chi connectivity index (χ3v) is 6.03. The molecule has 0 bridgehead atoms. The normalized spacial score (nSPS) is 21.1. The van der Waals surface area contributed by atoms with Crippen LogP contribution in [0, 0.1) is 11.3 Å². The first-order valence-corrected chi connectivity index (χ1v) is 11.6. The van der Waals surface area contributed by atoms with Crippen molar-refractivity contribution in [2.45, 2.75) is 37.1 Å². The van der Waals surface area contributed by atoms with E-state index in [1.54, 1.807) is 0 Å². The van der Waals surface area contributed by atoms with Gasteiger partial charge < -0.3 is 14.8 Å². The molecule has 184 valence electrons. The largest absolute Gasteiger partial charge is 0.448 e. The molecule has 2 aliphatic rings. The molecule has 2 atom stereocenters. The molecule has 0 saturated carbocycles. The van der Waals surface area contributed by atoms with Crippen LogP contribution in [-0.2, 0) is 28.7 Å². The summed E-state index contributed by atoms with van der Waals surface area (Å²) in [6, 6.07) is 19.1. The van der Waals surface area contributed by atoms with Crippen molar-refractivity contribution in [3.8, 4) is 6.07 Å². The number of thiocarbonyl (C=S) groups is 1. The summed E-state index contributed by atoms with van der Waals surface area (Å²) in [5, 5.41) is 12.5. The van der Waals surface area contributed by atoms with Crippen molar-refractivity contribution in [1.29, 1.82) is 5.26 Å². The number of hydrogen-bond donors (Lipinski definition) is 1. The fourth-order valence-electron chi connectivity index (χ4n) is 4.00. The van der Waals surface area contributed by atoms with E-state index in [1.165, 1.54) is 0 Å². The SMILES string of the molecule is C=C(C#N)CC(=S)N[C@H]1CON(C2(C(=O)OC(c3ccccc3)c3ccccc3)CCC(=O)O2)C1=O. The third-order valence-electron chi connectivity index (χ3n) is 5.76. The van der Waals surface area contributed by atoms with Crippen molar-refractivity contribution in [2.24, 2.45) is 0 Å². The van der Waals surface area contributed by atoms with Gasteiger partial charge >= 0.3 is 17.7 Å². The van der Waals surface area contributed by atoms with Gasteiger partial charge in [-0.2, -0.15) is 10.3 Å². The fraction of sp³-hybridized carbons (Fsp3) is 0.269. The number of benzene rings is 2. The Morgan fingerprint density at radius 3 is 2.33 bits per heavy atom. The molecule has 1 amide bonds. The molecule has 0 aromatic heterocycles. The second kappa shape index (κ2) is 10.7. The van der Waals surface area contributed by atoms with Gasteiger partial charge in [-0.05, 0) is 11.1 Å². The van der Waals surface area contributed by atoms with Crippen LogP contribution in [0.3, 0.4) is 0 Å².